The van der Waals surface area contributed by atoms with Gasteiger partial charge in [0.1, 0.15) is 6.04 Å². The van der Waals surface area contributed by atoms with Gasteiger partial charge in [-0.15, -0.1) is 24.9 Å². The quantitative estimate of drug-likeness (QED) is 0.194. The number of halogens is 1. The zero-order chi connectivity index (χ0) is 28.2. The molecule has 0 aromatic heterocycles. The van der Waals surface area contributed by atoms with Gasteiger partial charge in [0.2, 0.25) is 5.91 Å². The largest absolute Gasteiger partial charge is 0.465 e. The molecule has 3 heterocycles. The standard InChI is InChI=1S/C30H39ClN2O5S/c1-4-6-12-18-38-29(37)24-23-19-20(3)30(39-23)25(24)27(35)33(16-10-7-11-17-34)26(30)28(36)32(15-5-2)22-14-9-8-13-21(22)31/h4-5,8-9,13-14,20,23-26,34H,1-2,6-7,10-12,15-19H2,3H3/t20?,23-,24+,25-,26?,30?/m0/s1. The second kappa shape index (κ2) is 12.9. The highest BCUT2D eigenvalue weighted by Crippen LogP contribution is 2.68. The summed E-state index contributed by atoms with van der Waals surface area (Å²) in [7, 11) is 0. The Morgan fingerprint density at radius 1 is 1.23 bits per heavy atom. The Labute approximate surface area is 240 Å². The maximum absolute atomic E-state index is 14.6. The Balaban J connectivity index is 1.72. The summed E-state index contributed by atoms with van der Waals surface area (Å²) in [5.74, 6) is -1.84. The van der Waals surface area contributed by atoms with E-state index in [9.17, 15) is 19.5 Å². The van der Waals surface area contributed by atoms with Crippen LogP contribution in [0.1, 0.15) is 45.4 Å². The predicted octanol–water partition coefficient (Wildman–Crippen LogP) is 4.87. The molecule has 212 valence electrons. The highest BCUT2D eigenvalue weighted by Gasteiger charge is 2.76. The number of allylic oxidation sites excluding steroid dienone is 1. The number of anilines is 1. The molecule has 1 aromatic carbocycles. The fourth-order valence-electron chi connectivity index (χ4n) is 6.63. The van der Waals surface area contributed by atoms with Gasteiger partial charge >= 0.3 is 5.97 Å². The van der Waals surface area contributed by atoms with E-state index in [1.807, 2.05) is 12.1 Å². The molecule has 39 heavy (non-hydrogen) atoms. The van der Waals surface area contributed by atoms with Crippen molar-refractivity contribution in [2.45, 2.75) is 61.5 Å². The molecule has 2 amide bonds. The molecule has 0 aliphatic carbocycles. The minimum absolute atomic E-state index is 0.0551. The number of aliphatic hydroxyl groups excluding tert-OH is 1. The Morgan fingerprint density at radius 2 is 2.00 bits per heavy atom. The first-order valence-electron chi connectivity index (χ1n) is 13.9. The van der Waals surface area contributed by atoms with Crippen LogP contribution >= 0.6 is 23.4 Å². The van der Waals surface area contributed by atoms with Crippen molar-refractivity contribution in [2.75, 3.05) is 31.2 Å². The number of aliphatic hydroxyl groups is 1. The molecule has 3 fully saturated rings. The maximum Gasteiger partial charge on any atom is 0.310 e. The lowest BCUT2D eigenvalue weighted by Gasteiger charge is -2.40. The van der Waals surface area contributed by atoms with Crippen molar-refractivity contribution in [3.63, 3.8) is 0 Å². The van der Waals surface area contributed by atoms with E-state index in [2.05, 4.69) is 20.1 Å². The van der Waals surface area contributed by atoms with Gasteiger partial charge in [0.15, 0.2) is 0 Å². The van der Waals surface area contributed by atoms with Crippen molar-refractivity contribution >= 4 is 46.8 Å². The average Bonchev–Trinajstić information content (AvgIpc) is 3.51. The van der Waals surface area contributed by atoms with Crippen LogP contribution in [0.4, 0.5) is 5.69 Å². The third kappa shape index (κ3) is 5.40. The summed E-state index contributed by atoms with van der Waals surface area (Å²) in [5.41, 5.74) is 0.569. The topological polar surface area (TPSA) is 87.2 Å². The van der Waals surface area contributed by atoms with Crippen molar-refractivity contribution in [1.82, 2.24) is 4.90 Å². The van der Waals surface area contributed by atoms with Gasteiger partial charge in [0.05, 0.1) is 33.9 Å². The van der Waals surface area contributed by atoms with Crippen molar-refractivity contribution in [1.29, 1.82) is 0 Å². The number of carbonyl (C=O) groups excluding carboxylic acids is 3. The number of nitrogens with zero attached hydrogens (tertiary/aromatic N) is 2. The Bertz CT molecular complexity index is 1100. The molecular weight excluding hydrogens is 536 g/mol. The van der Waals surface area contributed by atoms with Crippen LogP contribution in [0.15, 0.2) is 49.6 Å². The highest BCUT2D eigenvalue weighted by molar-refractivity contribution is 8.02. The molecule has 6 atom stereocenters. The lowest BCUT2D eigenvalue weighted by atomic mass is 9.66. The van der Waals surface area contributed by atoms with E-state index in [1.165, 1.54) is 0 Å². The number of para-hydroxylation sites is 1. The first kappa shape index (κ1) is 29.7. The Morgan fingerprint density at radius 3 is 2.69 bits per heavy atom. The van der Waals surface area contributed by atoms with Crippen LogP contribution in [0.25, 0.3) is 0 Å². The molecule has 4 rings (SSSR count). The van der Waals surface area contributed by atoms with Gasteiger partial charge in [-0.25, -0.2) is 0 Å². The number of fused-ring (bicyclic) bond motifs is 1. The van der Waals surface area contributed by atoms with Crippen LogP contribution in [0.5, 0.6) is 0 Å². The number of likely N-dealkylation sites (tertiary alicyclic amines) is 1. The monoisotopic (exact) mass is 574 g/mol. The van der Waals surface area contributed by atoms with Crippen LogP contribution in [0.3, 0.4) is 0 Å². The normalized spacial score (nSPS) is 28.8. The molecule has 1 aromatic rings. The second-order valence-electron chi connectivity index (χ2n) is 10.7. The number of rotatable bonds is 14. The van der Waals surface area contributed by atoms with E-state index in [0.717, 1.165) is 19.3 Å². The zero-order valence-corrected chi connectivity index (χ0v) is 24.2. The Kier molecular flexibility index (Phi) is 9.83. The van der Waals surface area contributed by atoms with Gasteiger partial charge in [-0.2, -0.15) is 0 Å². The SMILES string of the molecule is C=CCCCOC(=O)[C@@H]1[C@@H]2CC(C)C3(S2)C(C(=O)N(CC=C)c2ccccc2Cl)N(CCCCCO)C(=O)[C@H]13. The number of unbranched alkanes of at least 4 members (excludes halogenated alkanes) is 3. The number of carbonyl (C=O) groups is 3. The van der Waals surface area contributed by atoms with Crippen molar-refractivity contribution in [3.8, 4) is 0 Å². The van der Waals surface area contributed by atoms with Gasteiger partial charge in [0.25, 0.3) is 5.91 Å². The van der Waals surface area contributed by atoms with Crippen LogP contribution in [-0.4, -0.2) is 70.1 Å². The third-order valence-electron chi connectivity index (χ3n) is 8.33. The van der Waals surface area contributed by atoms with Crippen LogP contribution in [0, 0.1) is 17.8 Å². The van der Waals surface area contributed by atoms with Crippen LogP contribution in [-0.2, 0) is 19.1 Å². The summed E-state index contributed by atoms with van der Waals surface area (Å²) in [4.78, 5) is 45.5. The number of hydrogen-bond donors (Lipinski definition) is 1. The lowest BCUT2D eigenvalue weighted by molar-refractivity contribution is -0.154. The van der Waals surface area contributed by atoms with Crippen LogP contribution in [0.2, 0.25) is 5.02 Å². The molecule has 1 spiro atoms. The van der Waals surface area contributed by atoms with E-state index in [4.69, 9.17) is 16.3 Å². The van der Waals surface area contributed by atoms with E-state index in [0.29, 0.717) is 36.5 Å². The fourth-order valence-corrected chi connectivity index (χ4v) is 9.27. The minimum Gasteiger partial charge on any atom is -0.465 e. The minimum atomic E-state index is -0.746. The first-order valence-corrected chi connectivity index (χ1v) is 15.1. The molecule has 3 aliphatic rings. The third-order valence-corrected chi connectivity index (χ3v) is 10.7. The molecule has 0 radical (unpaired) electrons. The van der Waals surface area contributed by atoms with Crippen molar-refractivity contribution in [3.05, 3.63) is 54.6 Å². The van der Waals surface area contributed by atoms with Gasteiger partial charge in [-0.05, 0) is 56.6 Å². The molecule has 9 heteroatoms. The molecule has 2 bridgehead atoms. The summed E-state index contributed by atoms with van der Waals surface area (Å²) in [6.07, 6.45) is 7.65. The van der Waals surface area contributed by atoms with Crippen LogP contribution < -0.4 is 4.90 Å². The molecule has 1 N–H and O–H groups in total. The molecule has 3 unspecified atom stereocenters. The number of hydrogen-bond acceptors (Lipinski definition) is 6. The Hall–Kier alpha value is -2.29. The number of benzene rings is 1. The lowest BCUT2D eigenvalue weighted by Crippen LogP contribution is -2.57. The molecule has 0 saturated carbocycles. The number of esters is 1. The number of ether oxygens (including phenoxy) is 1. The average molecular weight is 575 g/mol. The summed E-state index contributed by atoms with van der Waals surface area (Å²) in [5, 5.41) is 9.64. The van der Waals surface area contributed by atoms with Gasteiger partial charge in [0, 0.05) is 24.9 Å². The fraction of sp³-hybridized carbons (Fsp3) is 0.567. The second-order valence-corrected chi connectivity index (χ2v) is 12.6. The van der Waals surface area contributed by atoms with E-state index in [-0.39, 0.29) is 48.7 Å². The van der Waals surface area contributed by atoms with Crippen molar-refractivity contribution < 1.29 is 24.2 Å². The molecular formula is C30H39ClN2O5S. The van der Waals surface area contributed by atoms with Gasteiger partial charge in [-0.3, -0.25) is 14.4 Å². The summed E-state index contributed by atoms with van der Waals surface area (Å²) in [6.45, 7) is 10.7. The van der Waals surface area contributed by atoms with Gasteiger partial charge in [-0.1, -0.05) is 42.8 Å². The summed E-state index contributed by atoms with van der Waals surface area (Å²) in [6, 6.07) is 6.43. The van der Waals surface area contributed by atoms with Crippen molar-refractivity contribution in [2.24, 2.45) is 17.8 Å². The zero-order valence-electron chi connectivity index (χ0n) is 22.6. The van der Waals surface area contributed by atoms with E-state index in [1.54, 1.807) is 45.8 Å². The first-order chi connectivity index (χ1) is 18.8. The van der Waals surface area contributed by atoms with Gasteiger partial charge < -0.3 is 19.6 Å². The summed E-state index contributed by atoms with van der Waals surface area (Å²) < 4.78 is 4.92. The van der Waals surface area contributed by atoms with E-state index < -0.39 is 22.6 Å². The molecule has 3 saturated heterocycles. The maximum atomic E-state index is 14.6. The molecule has 3 aliphatic heterocycles. The summed E-state index contributed by atoms with van der Waals surface area (Å²) >= 11 is 8.17. The van der Waals surface area contributed by atoms with E-state index >= 15 is 0 Å². The molecule has 7 nitrogen and oxygen atoms in total. The number of thioether (sulfide) groups is 1. The smallest absolute Gasteiger partial charge is 0.310 e. The predicted molar refractivity (Wildman–Crippen MR) is 156 cm³/mol. The number of amides is 2. The highest BCUT2D eigenvalue weighted by atomic mass is 35.5.